The minimum absolute atomic E-state index is 0.149. The number of hydrogen-bond acceptors (Lipinski definition) is 4. The van der Waals surface area contributed by atoms with Crippen LogP contribution < -0.4 is 4.90 Å². The van der Waals surface area contributed by atoms with Crippen molar-refractivity contribution in [2.45, 2.75) is 13.0 Å². The van der Waals surface area contributed by atoms with Crippen LogP contribution in [0.3, 0.4) is 0 Å². The molecule has 0 N–H and O–H groups in total. The van der Waals surface area contributed by atoms with Gasteiger partial charge in [-0.3, -0.25) is 4.68 Å². The molecule has 0 aliphatic heterocycles. The normalized spacial score (nSPS) is 12.6. The lowest BCUT2D eigenvalue weighted by molar-refractivity contribution is 0.584. The van der Waals surface area contributed by atoms with Crippen LogP contribution in [0.5, 0.6) is 0 Å². The minimum Gasteiger partial charge on any atom is -0.352 e. The van der Waals surface area contributed by atoms with E-state index in [0.29, 0.717) is 5.56 Å². The van der Waals surface area contributed by atoms with Gasteiger partial charge in [-0.15, -0.1) is 0 Å². The average molecular weight is 285 g/mol. The minimum atomic E-state index is -0.215. The van der Waals surface area contributed by atoms with Gasteiger partial charge in [0.15, 0.2) is 5.65 Å². The number of rotatable bonds is 3. The smallest absolute Gasteiger partial charge is 0.163 e. The molecule has 1 aromatic carbocycles. The van der Waals surface area contributed by atoms with E-state index in [1.807, 2.05) is 32.0 Å². The van der Waals surface area contributed by atoms with E-state index < -0.39 is 0 Å². The zero-order valence-electron chi connectivity index (χ0n) is 12.2. The van der Waals surface area contributed by atoms with Gasteiger partial charge in [-0.1, -0.05) is 18.2 Å². The van der Waals surface area contributed by atoms with Crippen LogP contribution in [0.1, 0.15) is 18.5 Å². The molecular formula is C15H16FN5. The first kappa shape index (κ1) is 13.5. The van der Waals surface area contributed by atoms with E-state index in [9.17, 15) is 4.39 Å². The monoisotopic (exact) mass is 285 g/mol. The predicted octanol–water partition coefficient (Wildman–Crippen LogP) is 2.70. The first-order valence-electron chi connectivity index (χ1n) is 6.69. The maximum atomic E-state index is 14.0. The van der Waals surface area contributed by atoms with E-state index in [-0.39, 0.29) is 11.9 Å². The van der Waals surface area contributed by atoms with Crippen LogP contribution in [0.4, 0.5) is 10.2 Å². The maximum Gasteiger partial charge on any atom is 0.163 e. The molecule has 0 fully saturated rings. The first-order chi connectivity index (χ1) is 10.1. The van der Waals surface area contributed by atoms with Crippen LogP contribution in [-0.2, 0) is 7.05 Å². The molecule has 0 aliphatic carbocycles. The van der Waals surface area contributed by atoms with Crippen molar-refractivity contribution in [2.75, 3.05) is 11.9 Å². The van der Waals surface area contributed by atoms with Crippen LogP contribution in [0.25, 0.3) is 11.0 Å². The second kappa shape index (κ2) is 5.12. The van der Waals surface area contributed by atoms with Gasteiger partial charge in [-0.2, -0.15) is 5.10 Å². The Labute approximate surface area is 122 Å². The van der Waals surface area contributed by atoms with Crippen LogP contribution in [0, 0.1) is 5.82 Å². The summed E-state index contributed by atoms with van der Waals surface area (Å²) in [6.07, 6.45) is 3.24. The number of nitrogens with zero attached hydrogens (tertiary/aromatic N) is 5. The van der Waals surface area contributed by atoms with Crippen LogP contribution in [0.15, 0.2) is 36.8 Å². The third kappa shape index (κ3) is 2.22. The molecule has 2 aromatic heterocycles. The van der Waals surface area contributed by atoms with Crippen LogP contribution in [0.2, 0.25) is 0 Å². The molecule has 21 heavy (non-hydrogen) atoms. The number of benzene rings is 1. The van der Waals surface area contributed by atoms with Gasteiger partial charge in [0, 0.05) is 19.7 Å². The highest BCUT2D eigenvalue weighted by Gasteiger charge is 2.19. The Morgan fingerprint density at radius 2 is 2.00 bits per heavy atom. The molecule has 0 spiro atoms. The Morgan fingerprint density at radius 3 is 2.76 bits per heavy atom. The Bertz CT molecular complexity index is 783. The van der Waals surface area contributed by atoms with Crippen molar-refractivity contribution in [1.29, 1.82) is 0 Å². The zero-order valence-corrected chi connectivity index (χ0v) is 12.2. The predicted molar refractivity (Wildman–Crippen MR) is 79.5 cm³/mol. The highest BCUT2D eigenvalue weighted by Crippen LogP contribution is 2.29. The van der Waals surface area contributed by atoms with Gasteiger partial charge in [-0.05, 0) is 13.0 Å². The third-order valence-corrected chi connectivity index (χ3v) is 3.78. The van der Waals surface area contributed by atoms with Crippen molar-refractivity contribution in [3.05, 3.63) is 48.2 Å². The highest BCUT2D eigenvalue weighted by molar-refractivity contribution is 5.86. The molecule has 5 nitrogen and oxygen atoms in total. The van der Waals surface area contributed by atoms with Gasteiger partial charge >= 0.3 is 0 Å². The van der Waals surface area contributed by atoms with Crippen molar-refractivity contribution in [3.63, 3.8) is 0 Å². The summed E-state index contributed by atoms with van der Waals surface area (Å²) >= 11 is 0. The molecule has 0 saturated carbocycles. The quantitative estimate of drug-likeness (QED) is 0.742. The summed E-state index contributed by atoms with van der Waals surface area (Å²) < 4.78 is 15.7. The summed E-state index contributed by atoms with van der Waals surface area (Å²) in [5, 5.41) is 5.05. The number of aromatic nitrogens is 4. The molecule has 3 rings (SSSR count). The number of fused-ring (bicyclic) bond motifs is 1. The second-order valence-electron chi connectivity index (χ2n) is 5.01. The van der Waals surface area contributed by atoms with Gasteiger partial charge in [0.1, 0.15) is 18.0 Å². The Hall–Kier alpha value is -2.50. The van der Waals surface area contributed by atoms with Crippen molar-refractivity contribution in [2.24, 2.45) is 7.05 Å². The number of halogens is 1. The van der Waals surface area contributed by atoms with Gasteiger partial charge < -0.3 is 4.90 Å². The average Bonchev–Trinajstić information content (AvgIpc) is 2.88. The number of hydrogen-bond donors (Lipinski definition) is 0. The summed E-state index contributed by atoms with van der Waals surface area (Å²) in [4.78, 5) is 10.5. The Balaban J connectivity index is 2.04. The van der Waals surface area contributed by atoms with E-state index in [1.165, 1.54) is 12.4 Å². The lowest BCUT2D eigenvalue weighted by Gasteiger charge is -2.26. The summed E-state index contributed by atoms with van der Waals surface area (Å²) in [7, 11) is 3.73. The number of aryl methyl sites for hydroxylation is 1. The summed E-state index contributed by atoms with van der Waals surface area (Å²) in [6.45, 7) is 1.95. The first-order valence-corrected chi connectivity index (χ1v) is 6.69. The SMILES string of the molecule is C[C@H](c1ccccc1F)N(C)c1ncnc2c1cnn2C. The molecule has 6 heteroatoms. The van der Waals surface area contributed by atoms with Crippen molar-refractivity contribution in [3.8, 4) is 0 Å². The zero-order chi connectivity index (χ0) is 15.0. The summed E-state index contributed by atoms with van der Waals surface area (Å²) in [5.74, 6) is 0.525. The Morgan fingerprint density at radius 1 is 1.24 bits per heavy atom. The van der Waals surface area contributed by atoms with E-state index in [0.717, 1.165) is 16.9 Å². The molecule has 0 unspecified atom stereocenters. The Kier molecular flexibility index (Phi) is 3.29. The van der Waals surface area contributed by atoms with Gasteiger partial charge in [0.05, 0.1) is 17.6 Å². The van der Waals surface area contributed by atoms with Crippen LogP contribution >= 0.6 is 0 Å². The topological polar surface area (TPSA) is 46.8 Å². The molecule has 0 aliphatic rings. The van der Waals surface area contributed by atoms with Crippen molar-refractivity contribution >= 4 is 16.9 Å². The lowest BCUT2D eigenvalue weighted by Crippen LogP contribution is -2.23. The third-order valence-electron chi connectivity index (χ3n) is 3.78. The molecule has 0 radical (unpaired) electrons. The molecule has 1 atom stereocenters. The highest BCUT2D eigenvalue weighted by atomic mass is 19.1. The van der Waals surface area contributed by atoms with Gasteiger partial charge in [0.25, 0.3) is 0 Å². The van der Waals surface area contributed by atoms with Gasteiger partial charge in [-0.25, -0.2) is 14.4 Å². The van der Waals surface area contributed by atoms with Crippen molar-refractivity contribution < 1.29 is 4.39 Å². The maximum absolute atomic E-state index is 14.0. The molecule has 2 heterocycles. The fraction of sp³-hybridized carbons (Fsp3) is 0.267. The molecule has 0 bridgehead atoms. The fourth-order valence-corrected chi connectivity index (χ4v) is 2.44. The molecule has 0 saturated heterocycles. The fourth-order valence-electron chi connectivity index (χ4n) is 2.44. The number of anilines is 1. The lowest BCUT2D eigenvalue weighted by atomic mass is 10.1. The molecule has 3 aromatic rings. The molecule has 108 valence electrons. The molecule has 0 amide bonds. The standard InChI is InChI=1S/C15H16FN5/c1-10(11-6-4-5-7-13(11)16)20(2)14-12-8-19-21(3)15(12)18-9-17-14/h4-10H,1-3H3/t10-/m1/s1. The second-order valence-corrected chi connectivity index (χ2v) is 5.01. The van der Waals surface area contributed by atoms with Crippen LogP contribution in [-0.4, -0.2) is 26.8 Å². The van der Waals surface area contributed by atoms with E-state index in [1.54, 1.807) is 23.0 Å². The van der Waals surface area contributed by atoms with Crippen molar-refractivity contribution in [1.82, 2.24) is 19.7 Å². The van der Waals surface area contributed by atoms with Gasteiger partial charge in [0.2, 0.25) is 0 Å². The molecular weight excluding hydrogens is 269 g/mol. The summed E-state index contributed by atoms with van der Waals surface area (Å²) in [6, 6.07) is 6.64. The summed E-state index contributed by atoms with van der Waals surface area (Å²) in [5.41, 5.74) is 1.39. The largest absolute Gasteiger partial charge is 0.352 e. The van der Waals surface area contributed by atoms with E-state index in [4.69, 9.17) is 0 Å². The van der Waals surface area contributed by atoms with E-state index in [2.05, 4.69) is 15.1 Å². The van der Waals surface area contributed by atoms with E-state index >= 15 is 0 Å².